The number of phenolic OH excluding ortho intramolecular Hbond substituents is 1. The molecule has 0 unspecified atom stereocenters. The second-order valence-corrected chi connectivity index (χ2v) is 32.1. The number of nitriles is 6. The highest BCUT2D eigenvalue weighted by Gasteiger charge is 2.19. The van der Waals surface area contributed by atoms with Crippen LogP contribution in [0.5, 0.6) is 40.2 Å². The summed E-state index contributed by atoms with van der Waals surface area (Å²) in [6.07, 6.45) is 0. The highest BCUT2D eigenvalue weighted by molar-refractivity contribution is 6.30. The number of aromatic nitrogens is 6. The first kappa shape index (κ1) is 95.3. The van der Waals surface area contributed by atoms with Gasteiger partial charge in [-0.15, -0.1) is 0 Å². The van der Waals surface area contributed by atoms with Crippen molar-refractivity contribution < 1.29 is 33.5 Å². The van der Waals surface area contributed by atoms with Crippen LogP contribution in [0, 0.1) is 146 Å². The van der Waals surface area contributed by atoms with Gasteiger partial charge in [-0.2, -0.15) is 31.6 Å². The van der Waals surface area contributed by atoms with Crippen molar-refractivity contribution in [2.45, 2.75) is 33.1 Å². The Balaban J connectivity index is 0.000000139. The van der Waals surface area contributed by atoms with Crippen LogP contribution in [0.1, 0.15) is 133 Å². The van der Waals surface area contributed by atoms with E-state index >= 15 is 0 Å². The van der Waals surface area contributed by atoms with Crippen molar-refractivity contribution in [1.29, 1.82) is 31.6 Å². The predicted molar refractivity (Wildman–Crippen MR) is 541 cm³/mol. The number of fused-ring (bicyclic) bond motifs is 6. The maximum Gasteiger partial charge on any atom is 0.120 e. The zero-order valence-electron chi connectivity index (χ0n) is 76.7. The van der Waals surface area contributed by atoms with Gasteiger partial charge in [0.05, 0.1) is 109 Å². The fourth-order valence-corrected chi connectivity index (χ4v) is 14.3. The monoisotopic (exact) mass is 1810 g/mol. The van der Waals surface area contributed by atoms with Crippen LogP contribution in [0.2, 0.25) is 5.02 Å². The van der Waals surface area contributed by atoms with E-state index in [1.165, 1.54) is 11.1 Å². The molecule has 12 aromatic carbocycles. The summed E-state index contributed by atoms with van der Waals surface area (Å²) in [7, 11) is 13.7. The van der Waals surface area contributed by atoms with Gasteiger partial charge in [0.25, 0.3) is 0 Å². The lowest BCUT2D eigenvalue weighted by atomic mass is 9.87. The van der Waals surface area contributed by atoms with Crippen LogP contribution in [0.25, 0.3) is 65.4 Å². The standard InChI is InChI=1S/C22H20N2O.C20H17N3O.C19H14N2O.C18H11ClN2O.C18H13N3O.C18H12N2O2/c1-22(2,3)16-8-5-15(6-9-16)7-12-20-19(14-23)18-11-10-17(25-4)13-21(18)24-20;1-23(2)15-7-4-14(5-8-15)6-11-19-18(13-21)17-10-9-16(24-3)12-20(17)22-19;1-13-3-5-14(6-4-13)7-10-18-17(12-20)16-9-8-15(22-2)11-19(16)21-18;1-22-14-6-7-15-16(11-20)17(21-18(15)10-14)8-5-12-3-2-4-13(19)9-12;1-22-14-7-8-15-16(11-19)17(21-18(15)10-14)9-4-12-2-5-13(20)6-3-12;1-22-14-6-7-15-16(11-19)17(20-18(15)10-14)8-5-12-3-2-4-13(21)9-12/h5-6,8-11,13,24H,1-4H3;4-5,7-10,12,22H,1-3H3;3-6,8-9,11,21H,1-2H3;2-4,6-7,9-10,21H,1H3;2-3,5-8,10,21H,20H2,1H3;2-4,6-7,9-10,20-21H,1H3. The molecular formula is C115H87ClN14O7. The number of phenols is 1. The summed E-state index contributed by atoms with van der Waals surface area (Å²) in [6.45, 7) is 8.60. The summed E-state index contributed by atoms with van der Waals surface area (Å²) in [5.41, 5.74) is 27.0. The molecule has 0 saturated carbocycles. The van der Waals surface area contributed by atoms with Gasteiger partial charge in [-0.1, -0.05) is 110 Å². The molecule has 0 aliphatic heterocycles. The number of halogens is 1. The molecule has 0 aliphatic rings. The van der Waals surface area contributed by atoms with Gasteiger partial charge in [0, 0.05) is 133 Å². The van der Waals surface area contributed by atoms with Crippen LogP contribution in [0.3, 0.4) is 0 Å². The van der Waals surface area contributed by atoms with Crippen molar-refractivity contribution in [2.24, 2.45) is 0 Å². The van der Waals surface area contributed by atoms with Crippen LogP contribution >= 0.6 is 11.6 Å². The fraction of sp³-hybridized carbons (Fsp3) is 0.113. The van der Waals surface area contributed by atoms with Crippen LogP contribution in [-0.4, -0.2) is 91.8 Å². The van der Waals surface area contributed by atoms with Gasteiger partial charge in [0.15, 0.2) is 0 Å². The molecule has 6 heterocycles. The number of hydrogen-bond donors (Lipinski definition) is 8. The number of nitrogen functional groups attached to an aromatic ring is 1. The molecular weight excluding hydrogens is 1720 g/mol. The Hall–Kier alpha value is -19.3. The second kappa shape index (κ2) is 44.3. The molecule has 6 aromatic heterocycles. The first-order valence-corrected chi connectivity index (χ1v) is 42.8. The third-order valence-electron chi connectivity index (χ3n) is 21.5. The number of benzene rings is 12. The lowest BCUT2D eigenvalue weighted by Crippen LogP contribution is -2.10. The largest absolute Gasteiger partial charge is 0.508 e. The molecule has 0 bridgehead atoms. The lowest BCUT2D eigenvalue weighted by Gasteiger charge is -2.18. The Morgan fingerprint density at radius 2 is 0.547 bits per heavy atom. The number of aryl methyl sites for hydroxylation is 1. The molecule has 0 atom stereocenters. The molecule has 21 nitrogen and oxygen atoms in total. The summed E-state index contributed by atoms with van der Waals surface area (Å²) in [4.78, 5) is 21.1. The third-order valence-corrected chi connectivity index (χ3v) is 21.7. The molecule has 18 aromatic rings. The number of methoxy groups -OCH3 is 6. The van der Waals surface area contributed by atoms with Gasteiger partial charge >= 0.3 is 0 Å². The van der Waals surface area contributed by atoms with Gasteiger partial charge < -0.3 is 74.1 Å². The second-order valence-electron chi connectivity index (χ2n) is 31.7. The quantitative estimate of drug-likeness (QED) is 0.0543. The first-order chi connectivity index (χ1) is 66.4. The van der Waals surface area contributed by atoms with Gasteiger partial charge in [0.2, 0.25) is 0 Å². The van der Waals surface area contributed by atoms with E-state index in [2.05, 4.69) is 170 Å². The van der Waals surface area contributed by atoms with E-state index in [1.807, 2.05) is 220 Å². The zero-order valence-corrected chi connectivity index (χ0v) is 77.5. The lowest BCUT2D eigenvalue weighted by molar-refractivity contribution is 0.415. The Kier molecular flexibility index (Phi) is 30.8. The average molecular weight is 1810 g/mol. The number of anilines is 2. The molecule has 22 heteroatoms. The van der Waals surface area contributed by atoms with Gasteiger partial charge in [-0.25, -0.2) is 0 Å². The predicted octanol–water partition coefficient (Wildman–Crippen LogP) is 22.3. The Bertz CT molecular complexity index is 7970. The minimum absolute atomic E-state index is 0.121. The van der Waals surface area contributed by atoms with E-state index in [0.29, 0.717) is 89.6 Å². The highest BCUT2D eigenvalue weighted by atomic mass is 35.5. The Morgan fingerprint density at radius 3 is 0.796 bits per heavy atom. The van der Waals surface area contributed by atoms with E-state index in [9.17, 15) is 36.7 Å². The Morgan fingerprint density at radius 1 is 0.299 bits per heavy atom. The van der Waals surface area contributed by atoms with Crippen LogP contribution in [0.4, 0.5) is 11.4 Å². The maximum atomic E-state index is 9.49. The smallest absolute Gasteiger partial charge is 0.120 e. The van der Waals surface area contributed by atoms with Crippen molar-refractivity contribution >= 4 is 88.4 Å². The molecule has 0 amide bonds. The summed E-state index contributed by atoms with van der Waals surface area (Å²) in [5.74, 6) is 41.1. The highest BCUT2D eigenvalue weighted by Crippen LogP contribution is 2.33. The molecule has 0 radical (unpaired) electrons. The van der Waals surface area contributed by atoms with Crippen LogP contribution < -0.4 is 39.1 Å². The number of aromatic amines is 6. The fourth-order valence-electron chi connectivity index (χ4n) is 14.1. The zero-order chi connectivity index (χ0) is 97.2. The van der Waals surface area contributed by atoms with Gasteiger partial charge in [0.1, 0.15) is 111 Å². The Labute approximate surface area is 798 Å². The number of rotatable bonds is 7. The van der Waals surface area contributed by atoms with Gasteiger partial charge in [-0.3, -0.25) is 0 Å². The number of nitrogens with zero attached hydrogens (tertiary/aromatic N) is 7. The number of nitrogens with two attached hydrogens (primary N) is 1. The molecule has 0 fully saturated rings. The van der Waals surface area contributed by atoms with E-state index in [4.69, 9.17) is 45.8 Å². The normalized spacial score (nSPS) is 10.0. The number of ether oxygens (including phenoxy) is 6. The number of aromatic hydroxyl groups is 1. The molecule has 0 saturated heterocycles. The summed E-state index contributed by atoms with van der Waals surface area (Å²) < 4.78 is 31.2. The minimum Gasteiger partial charge on any atom is -0.508 e. The van der Waals surface area contributed by atoms with Crippen molar-refractivity contribution in [3.8, 4) is 148 Å². The average Bonchev–Trinajstić information content (AvgIpc) is 1.68. The minimum atomic E-state index is 0.121. The third kappa shape index (κ3) is 23.7. The van der Waals surface area contributed by atoms with E-state index in [0.717, 1.165) is 128 Å². The van der Waals surface area contributed by atoms with E-state index in [1.54, 1.807) is 91.2 Å². The van der Waals surface area contributed by atoms with E-state index < -0.39 is 0 Å². The van der Waals surface area contributed by atoms with E-state index in [-0.39, 0.29) is 11.2 Å². The first-order valence-electron chi connectivity index (χ1n) is 42.4. The number of hydrogen-bond acceptors (Lipinski definition) is 15. The number of H-pyrrole nitrogens is 6. The molecule has 9 N–H and O–H groups in total. The van der Waals surface area contributed by atoms with Crippen molar-refractivity contribution in [1.82, 2.24) is 29.9 Å². The molecule has 137 heavy (non-hydrogen) atoms. The van der Waals surface area contributed by atoms with Crippen molar-refractivity contribution in [2.75, 3.05) is 67.4 Å². The maximum absolute atomic E-state index is 9.49. The summed E-state index contributed by atoms with van der Waals surface area (Å²) in [5, 5.41) is 71.6. The molecule has 0 aliphatic carbocycles. The van der Waals surface area contributed by atoms with Crippen molar-refractivity contribution in [3.05, 3.63) is 372 Å². The summed E-state index contributed by atoms with van der Waals surface area (Å²) >= 11 is 5.94. The molecule has 18 rings (SSSR count). The molecule has 666 valence electrons. The molecule has 0 spiro atoms. The van der Waals surface area contributed by atoms with Crippen LogP contribution in [0.15, 0.2) is 255 Å². The van der Waals surface area contributed by atoms with Crippen LogP contribution in [-0.2, 0) is 5.41 Å². The SMILES string of the molecule is COc1ccc2c(C#N)c(C#Cc3ccc(C(C)(C)C)cc3)[nH]c2c1.COc1ccc2c(C#N)c(C#Cc3ccc(C)cc3)[nH]c2c1.COc1ccc2c(C#N)c(C#Cc3ccc(N(C)C)cc3)[nH]c2c1.COc1ccc2c(C#N)c(C#Cc3ccc(N)cc3)[nH]c2c1.COc1ccc2c(C#N)c(C#Cc3cccc(Cl)c3)[nH]c2c1.COc1ccc2c(C#N)c(C#Cc3cccc(O)c3)[nH]c2c1. The number of nitrogens with one attached hydrogen (secondary N) is 6. The summed E-state index contributed by atoms with van der Waals surface area (Å²) in [6, 6.07) is 92.1. The van der Waals surface area contributed by atoms with Gasteiger partial charge in [-0.05, 0) is 235 Å². The van der Waals surface area contributed by atoms with Crippen molar-refractivity contribution in [3.63, 3.8) is 0 Å². The topological polar surface area (TPSA) is 342 Å².